The van der Waals surface area contributed by atoms with E-state index in [4.69, 9.17) is 17.3 Å². The maximum absolute atomic E-state index is 11.8. The molecule has 0 aliphatic heterocycles. The molecule has 0 bridgehead atoms. The molecule has 2 aromatic carbocycles. The highest BCUT2D eigenvalue weighted by atomic mass is 35.5. The van der Waals surface area contributed by atoms with Crippen LogP contribution in [0.15, 0.2) is 48.5 Å². The molecule has 0 fully saturated rings. The number of halogens is 1. The Bertz CT molecular complexity index is 669. The fourth-order valence-electron chi connectivity index (χ4n) is 2.08. The van der Waals surface area contributed by atoms with Crippen molar-refractivity contribution in [2.24, 2.45) is 5.73 Å². The van der Waals surface area contributed by atoms with E-state index in [0.717, 1.165) is 11.1 Å². The predicted octanol–water partition coefficient (Wildman–Crippen LogP) is 2.34. The summed E-state index contributed by atoms with van der Waals surface area (Å²) in [5.41, 5.74) is 7.59. The van der Waals surface area contributed by atoms with Crippen molar-refractivity contribution in [3.63, 3.8) is 0 Å². The first-order chi connectivity index (χ1) is 10.5. The first-order valence-corrected chi connectivity index (χ1v) is 7.32. The van der Waals surface area contributed by atoms with Crippen molar-refractivity contribution < 1.29 is 9.59 Å². The van der Waals surface area contributed by atoms with Crippen LogP contribution in [0.2, 0.25) is 5.02 Å². The van der Waals surface area contributed by atoms with E-state index in [1.807, 2.05) is 18.2 Å². The van der Waals surface area contributed by atoms with Crippen LogP contribution in [-0.4, -0.2) is 18.4 Å². The highest BCUT2D eigenvalue weighted by Gasteiger charge is 2.04. The SMILES string of the molecule is NC(=O)c1cccc(CCNC(=O)Cc2ccc(Cl)cc2)c1. The summed E-state index contributed by atoms with van der Waals surface area (Å²) in [4.78, 5) is 22.9. The van der Waals surface area contributed by atoms with Crippen LogP contribution in [0.1, 0.15) is 21.5 Å². The van der Waals surface area contributed by atoms with Gasteiger partial charge in [-0.3, -0.25) is 9.59 Å². The Labute approximate surface area is 134 Å². The van der Waals surface area contributed by atoms with Gasteiger partial charge in [-0.2, -0.15) is 0 Å². The Morgan fingerprint density at radius 2 is 1.77 bits per heavy atom. The second-order valence-electron chi connectivity index (χ2n) is 4.97. The molecule has 2 amide bonds. The summed E-state index contributed by atoms with van der Waals surface area (Å²) in [6.07, 6.45) is 0.964. The molecule has 0 aliphatic carbocycles. The van der Waals surface area contributed by atoms with Gasteiger partial charge in [0.2, 0.25) is 11.8 Å². The van der Waals surface area contributed by atoms with E-state index in [1.54, 1.807) is 30.3 Å². The normalized spacial score (nSPS) is 10.2. The van der Waals surface area contributed by atoms with E-state index in [0.29, 0.717) is 30.0 Å². The van der Waals surface area contributed by atoms with Crippen LogP contribution in [0.3, 0.4) is 0 Å². The van der Waals surface area contributed by atoms with Gasteiger partial charge < -0.3 is 11.1 Å². The maximum Gasteiger partial charge on any atom is 0.248 e. The molecule has 5 heteroatoms. The number of hydrogen-bond donors (Lipinski definition) is 2. The van der Waals surface area contributed by atoms with Crippen LogP contribution in [0.4, 0.5) is 0 Å². The summed E-state index contributed by atoms with van der Waals surface area (Å²) in [6.45, 7) is 0.509. The molecule has 0 aromatic heterocycles. The van der Waals surface area contributed by atoms with Gasteiger partial charge in [-0.05, 0) is 41.8 Å². The molecule has 3 N–H and O–H groups in total. The van der Waals surface area contributed by atoms with Crippen LogP contribution in [-0.2, 0) is 17.6 Å². The Morgan fingerprint density at radius 1 is 1.05 bits per heavy atom. The highest BCUT2D eigenvalue weighted by Crippen LogP contribution is 2.10. The van der Waals surface area contributed by atoms with Gasteiger partial charge in [0.15, 0.2) is 0 Å². The Morgan fingerprint density at radius 3 is 2.45 bits per heavy atom. The molecule has 0 radical (unpaired) electrons. The summed E-state index contributed by atoms with van der Waals surface area (Å²) in [5.74, 6) is -0.498. The van der Waals surface area contributed by atoms with E-state index in [-0.39, 0.29) is 5.91 Å². The largest absolute Gasteiger partial charge is 0.366 e. The molecule has 2 rings (SSSR count). The molecule has 0 unspecified atom stereocenters. The predicted molar refractivity (Wildman–Crippen MR) is 86.8 cm³/mol. The molecule has 0 heterocycles. The maximum atomic E-state index is 11.8. The molecule has 22 heavy (non-hydrogen) atoms. The molecular formula is C17H17ClN2O2. The molecule has 4 nitrogen and oxygen atoms in total. The number of amides is 2. The fourth-order valence-corrected chi connectivity index (χ4v) is 2.20. The van der Waals surface area contributed by atoms with Gasteiger partial charge in [0.1, 0.15) is 0 Å². The smallest absolute Gasteiger partial charge is 0.248 e. The Balaban J connectivity index is 1.80. The highest BCUT2D eigenvalue weighted by molar-refractivity contribution is 6.30. The van der Waals surface area contributed by atoms with Crippen molar-refractivity contribution >= 4 is 23.4 Å². The quantitative estimate of drug-likeness (QED) is 0.858. The van der Waals surface area contributed by atoms with Crippen molar-refractivity contribution in [2.45, 2.75) is 12.8 Å². The Kier molecular flexibility index (Phi) is 5.55. The molecular weight excluding hydrogens is 300 g/mol. The van der Waals surface area contributed by atoms with E-state index < -0.39 is 5.91 Å². The third kappa shape index (κ3) is 4.90. The average Bonchev–Trinajstić information content (AvgIpc) is 2.50. The van der Waals surface area contributed by atoms with Gasteiger partial charge in [0.25, 0.3) is 0 Å². The number of rotatable bonds is 6. The van der Waals surface area contributed by atoms with Crippen molar-refractivity contribution in [3.05, 3.63) is 70.2 Å². The summed E-state index contributed by atoms with van der Waals surface area (Å²) in [5, 5.41) is 3.51. The summed E-state index contributed by atoms with van der Waals surface area (Å²) in [7, 11) is 0. The molecule has 0 aliphatic rings. The monoisotopic (exact) mass is 316 g/mol. The second-order valence-corrected chi connectivity index (χ2v) is 5.40. The number of carbonyl (C=O) groups excluding carboxylic acids is 2. The first-order valence-electron chi connectivity index (χ1n) is 6.94. The lowest BCUT2D eigenvalue weighted by Gasteiger charge is -2.06. The second kappa shape index (κ2) is 7.61. The van der Waals surface area contributed by atoms with Gasteiger partial charge in [0.05, 0.1) is 6.42 Å². The van der Waals surface area contributed by atoms with Crippen LogP contribution in [0, 0.1) is 0 Å². The van der Waals surface area contributed by atoms with Crippen molar-refractivity contribution in [1.29, 1.82) is 0 Å². The van der Waals surface area contributed by atoms with Crippen LogP contribution < -0.4 is 11.1 Å². The van der Waals surface area contributed by atoms with Gasteiger partial charge in [0, 0.05) is 17.1 Å². The molecule has 0 saturated heterocycles. The molecule has 0 atom stereocenters. The van der Waals surface area contributed by atoms with Crippen molar-refractivity contribution in [2.75, 3.05) is 6.54 Å². The summed E-state index contributed by atoms with van der Waals surface area (Å²) in [6, 6.07) is 14.3. The molecule has 0 spiro atoms. The van der Waals surface area contributed by atoms with E-state index in [9.17, 15) is 9.59 Å². The fraction of sp³-hybridized carbons (Fsp3) is 0.176. The Hall–Kier alpha value is -2.33. The molecule has 114 valence electrons. The lowest BCUT2D eigenvalue weighted by molar-refractivity contribution is -0.120. The standard InChI is InChI=1S/C17H17ClN2O2/c18-15-6-4-13(5-7-15)11-16(21)20-9-8-12-2-1-3-14(10-12)17(19)22/h1-7,10H,8-9,11H2,(H2,19,22)(H,20,21). The summed E-state index contributed by atoms with van der Waals surface area (Å²) < 4.78 is 0. The zero-order chi connectivity index (χ0) is 15.9. The van der Waals surface area contributed by atoms with Gasteiger partial charge >= 0.3 is 0 Å². The summed E-state index contributed by atoms with van der Waals surface area (Å²) >= 11 is 5.80. The zero-order valence-electron chi connectivity index (χ0n) is 12.0. The minimum atomic E-state index is -0.450. The minimum absolute atomic E-state index is 0.0478. The van der Waals surface area contributed by atoms with Crippen molar-refractivity contribution in [1.82, 2.24) is 5.32 Å². The van der Waals surface area contributed by atoms with Gasteiger partial charge in [-0.25, -0.2) is 0 Å². The number of primary amides is 1. The van der Waals surface area contributed by atoms with Crippen LogP contribution in [0.5, 0.6) is 0 Å². The van der Waals surface area contributed by atoms with E-state index in [2.05, 4.69) is 5.32 Å². The van der Waals surface area contributed by atoms with Gasteiger partial charge in [-0.15, -0.1) is 0 Å². The topological polar surface area (TPSA) is 72.2 Å². The lowest BCUT2D eigenvalue weighted by Crippen LogP contribution is -2.27. The lowest BCUT2D eigenvalue weighted by atomic mass is 10.1. The molecule has 0 saturated carbocycles. The van der Waals surface area contributed by atoms with E-state index >= 15 is 0 Å². The van der Waals surface area contributed by atoms with Crippen LogP contribution >= 0.6 is 11.6 Å². The minimum Gasteiger partial charge on any atom is -0.366 e. The first kappa shape index (κ1) is 16.0. The van der Waals surface area contributed by atoms with E-state index in [1.165, 1.54) is 0 Å². The number of nitrogens with two attached hydrogens (primary N) is 1. The van der Waals surface area contributed by atoms with Crippen LogP contribution in [0.25, 0.3) is 0 Å². The van der Waals surface area contributed by atoms with Crippen molar-refractivity contribution in [3.8, 4) is 0 Å². The number of hydrogen-bond acceptors (Lipinski definition) is 2. The number of benzene rings is 2. The zero-order valence-corrected chi connectivity index (χ0v) is 12.8. The average molecular weight is 317 g/mol. The third-order valence-corrected chi connectivity index (χ3v) is 3.48. The number of carbonyl (C=O) groups is 2. The third-order valence-electron chi connectivity index (χ3n) is 3.23. The van der Waals surface area contributed by atoms with Gasteiger partial charge in [-0.1, -0.05) is 35.9 Å². The molecule has 2 aromatic rings. The number of nitrogens with one attached hydrogen (secondary N) is 1.